The second-order valence-electron chi connectivity index (χ2n) is 30.0. The normalized spacial score (nSPS) is 15.1. The highest BCUT2D eigenvalue weighted by atomic mass is 32.1. The van der Waals surface area contributed by atoms with E-state index in [-0.39, 0.29) is 22.6 Å². The number of thiophene rings is 2. The molecule has 494 valence electrons. The van der Waals surface area contributed by atoms with Gasteiger partial charge in [-0.3, -0.25) is 9.59 Å². The summed E-state index contributed by atoms with van der Waals surface area (Å²) < 4.78 is 2.73. The summed E-state index contributed by atoms with van der Waals surface area (Å²) in [6, 6.07) is 23.7. The van der Waals surface area contributed by atoms with Crippen molar-refractivity contribution in [1.82, 2.24) is 14.4 Å². The van der Waals surface area contributed by atoms with Crippen LogP contribution in [0.3, 0.4) is 0 Å². The van der Waals surface area contributed by atoms with Crippen LogP contribution in [0.2, 0.25) is 0 Å². The number of nitrogens with zero attached hydrogens (tertiary/aromatic N) is 3. The topological polar surface area (TPSA) is 45.6 Å². The molecular formula is C82H127N3O2S2. The number of fused-ring (bicyclic) bond motifs is 4. The van der Waals surface area contributed by atoms with Crippen molar-refractivity contribution >= 4 is 67.7 Å². The predicted octanol–water partition coefficient (Wildman–Crippen LogP) is 26.0. The number of rotatable bonds is 45. The molecular weight excluding hydrogens is 1120 g/mol. The molecule has 7 rings (SSSR count). The van der Waals surface area contributed by atoms with Gasteiger partial charge >= 0.3 is 0 Å². The lowest BCUT2D eigenvalue weighted by atomic mass is 9.86. The summed E-state index contributed by atoms with van der Waals surface area (Å²) in [7, 11) is 0. The molecule has 3 aromatic heterocycles. The molecule has 7 heteroatoms. The van der Waals surface area contributed by atoms with Crippen molar-refractivity contribution in [2.24, 2.45) is 17.8 Å². The van der Waals surface area contributed by atoms with Gasteiger partial charge in [0.2, 0.25) is 0 Å². The van der Waals surface area contributed by atoms with Crippen molar-refractivity contribution in [2.75, 3.05) is 13.1 Å². The van der Waals surface area contributed by atoms with Gasteiger partial charge in [0.15, 0.2) is 0 Å². The van der Waals surface area contributed by atoms with Crippen molar-refractivity contribution in [2.45, 2.75) is 332 Å². The van der Waals surface area contributed by atoms with Crippen LogP contribution in [0.4, 0.5) is 0 Å². The highest BCUT2D eigenvalue weighted by Crippen LogP contribution is 2.51. The Labute approximate surface area is 553 Å². The fourth-order valence-electron chi connectivity index (χ4n) is 14.6. The number of carbonyl (C=O) groups excluding carboxylic acids is 2. The third kappa shape index (κ3) is 20.5. The average Bonchev–Trinajstić information content (AvgIpc) is 1.56. The van der Waals surface area contributed by atoms with Gasteiger partial charge in [0.05, 0.1) is 32.3 Å². The number of hydrogen-bond donors (Lipinski definition) is 0. The van der Waals surface area contributed by atoms with Gasteiger partial charge in [0.25, 0.3) is 11.8 Å². The van der Waals surface area contributed by atoms with Gasteiger partial charge in [-0.05, 0) is 115 Å². The summed E-state index contributed by atoms with van der Waals surface area (Å²) in [4.78, 5) is 41.4. The van der Waals surface area contributed by atoms with Crippen LogP contribution in [0.15, 0.2) is 71.8 Å². The highest BCUT2D eigenvalue weighted by Gasteiger charge is 2.50. The summed E-state index contributed by atoms with van der Waals surface area (Å²) in [6.45, 7) is 30.2. The Kier molecular flexibility index (Phi) is 30.2. The van der Waals surface area contributed by atoms with Gasteiger partial charge in [-0.25, -0.2) is 0 Å². The summed E-state index contributed by atoms with van der Waals surface area (Å²) in [5, 5.41) is 2.68. The van der Waals surface area contributed by atoms with Crippen molar-refractivity contribution < 1.29 is 9.59 Å². The fourth-order valence-corrected chi connectivity index (χ4v) is 16.8. The maximum Gasteiger partial charge on any atom is 0.261 e. The molecule has 5 heterocycles. The van der Waals surface area contributed by atoms with Gasteiger partial charge in [-0.15, -0.1) is 22.7 Å². The van der Waals surface area contributed by atoms with Crippen molar-refractivity contribution in [3.63, 3.8) is 0 Å². The van der Waals surface area contributed by atoms with Gasteiger partial charge < -0.3 is 14.4 Å². The zero-order valence-corrected chi connectivity index (χ0v) is 60.7. The van der Waals surface area contributed by atoms with Crippen molar-refractivity contribution in [3.05, 3.63) is 92.0 Å². The van der Waals surface area contributed by atoms with Crippen LogP contribution in [0.1, 0.15) is 334 Å². The SMILES string of the molecule is CCCCCCCCC(CCCCCC)CN1C(=O)C2=C(c3ccc(C(C)(C)C)s3)N(CC(CCCCCC)CCCCCCCC)C(=O)C2=C1c1ccc(-c2ccc3c4ccc(C(C)(C)C)cc4n(CC(CCCCCC)CCCCCCCC)c3c2)s1. The quantitative estimate of drug-likeness (QED) is 0.0365. The first-order chi connectivity index (χ1) is 43.1. The maximum absolute atomic E-state index is 16.2. The standard InChI is InChI=1S/C82H127N3O2S2/c1-13-19-25-31-34-40-46-62(43-37-28-22-16-4)59-83-69-57-65(49-51-67(69)68-52-50-66(58-70(68)83)81(7,8)9)71-53-54-72(88-71)77-75-76(80(87)84(77)60-63(44-38-29-23-17-5)47-41-35-32-26-20-14-2)78(73-55-56-74(89-73)82(10,11)12)85(79(75)86)61-64(45-39-30-24-18-6)48-42-36-33-27-21-15-3/h49-58,62-64H,13-48,59-61H2,1-12H3. The van der Waals surface area contributed by atoms with E-state index in [1.807, 2.05) is 0 Å². The van der Waals surface area contributed by atoms with Gasteiger partial charge in [-0.1, -0.05) is 300 Å². The second-order valence-corrected chi connectivity index (χ2v) is 32.2. The van der Waals surface area contributed by atoms with Crippen LogP contribution in [0.5, 0.6) is 0 Å². The van der Waals surface area contributed by atoms with Crippen LogP contribution in [-0.4, -0.2) is 39.3 Å². The first kappa shape index (κ1) is 72.5. The Morgan fingerprint density at radius 1 is 0.360 bits per heavy atom. The van der Waals surface area contributed by atoms with E-state index in [4.69, 9.17) is 0 Å². The smallest absolute Gasteiger partial charge is 0.261 e. The number of benzene rings is 2. The molecule has 0 saturated carbocycles. The maximum atomic E-state index is 16.2. The number of aromatic nitrogens is 1. The molecule has 0 aliphatic carbocycles. The van der Waals surface area contributed by atoms with E-state index in [1.54, 1.807) is 22.7 Å². The summed E-state index contributed by atoms with van der Waals surface area (Å²) in [6.07, 6.45) is 45.2. The van der Waals surface area contributed by atoms with Gasteiger partial charge in [0.1, 0.15) is 0 Å². The predicted molar refractivity (Wildman–Crippen MR) is 392 cm³/mol. The fraction of sp³-hybridized carbons (Fsp3) is 0.683. The molecule has 2 aliphatic heterocycles. The molecule has 3 unspecified atom stereocenters. The number of carbonyl (C=O) groups is 2. The van der Waals surface area contributed by atoms with Crippen LogP contribution in [-0.2, 0) is 27.0 Å². The van der Waals surface area contributed by atoms with E-state index >= 15 is 9.59 Å². The molecule has 2 amide bonds. The molecule has 0 bridgehead atoms. The Morgan fingerprint density at radius 2 is 0.708 bits per heavy atom. The second kappa shape index (κ2) is 37.1. The molecule has 5 nitrogen and oxygen atoms in total. The average molecular weight is 1250 g/mol. The molecule has 2 aliphatic rings. The monoisotopic (exact) mass is 1250 g/mol. The van der Waals surface area contributed by atoms with Crippen LogP contribution >= 0.6 is 22.7 Å². The number of unbranched alkanes of at least 4 members (excludes halogenated alkanes) is 24. The highest BCUT2D eigenvalue weighted by molar-refractivity contribution is 7.16. The lowest BCUT2D eigenvalue weighted by Crippen LogP contribution is -2.34. The molecule has 0 saturated heterocycles. The van der Waals surface area contributed by atoms with Crippen LogP contribution < -0.4 is 0 Å². The van der Waals surface area contributed by atoms with E-state index in [1.165, 1.54) is 248 Å². The minimum absolute atomic E-state index is 0.0384. The molecule has 0 radical (unpaired) electrons. The Morgan fingerprint density at radius 3 is 1.11 bits per heavy atom. The van der Waals surface area contributed by atoms with Gasteiger partial charge in [0, 0.05) is 51.2 Å². The molecule has 3 atom stereocenters. The molecule has 5 aromatic rings. The third-order valence-electron chi connectivity index (χ3n) is 20.2. The molecule has 0 spiro atoms. The molecule has 89 heavy (non-hydrogen) atoms. The lowest BCUT2D eigenvalue weighted by Gasteiger charge is -2.29. The minimum atomic E-state index is -0.0537. The molecule has 2 aromatic carbocycles. The summed E-state index contributed by atoms with van der Waals surface area (Å²) in [5.74, 6) is 1.46. The first-order valence-electron chi connectivity index (χ1n) is 37.5. The molecule has 0 fully saturated rings. The third-order valence-corrected chi connectivity index (χ3v) is 22.9. The largest absolute Gasteiger partial charge is 0.340 e. The van der Waals surface area contributed by atoms with Crippen molar-refractivity contribution in [1.29, 1.82) is 0 Å². The van der Waals surface area contributed by atoms with E-state index in [9.17, 15) is 0 Å². The molecule has 0 N–H and O–H groups in total. The van der Waals surface area contributed by atoms with Crippen molar-refractivity contribution in [3.8, 4) is 10.4 Å². The van der Waals surface area contributed by atoms with E-state index in [0.29, 0.717) is 42.0 Å². The Bertz CT molecular complexity index is 2980. The Balaban J connectivity index is 1.36. The minimum Gasteiger partial charge on any atom is -0.340 e. The zero-order chi connectivity index (χ0) is 63.8. The van der Waals surface area contributed by atoms with Gasteiger partial charge in [-0.2, -0.15) is 0 Å². The van der Waals surface area contributed by atoms with Crippen LogP contribution in [0.25, 0.3) is 43.6 Å². The number of amides is 2. The summed E-state index contributed by atoms with van der Waals surface area (Å²) in [5.41, 5.74) is 8.38. The first-order valence-corrected chi connectivity index (χ1v) is 39.1. The zero-order valence-electron chi connectivity index (χ0n) is 59.1. The van der Waals surface area contributed by atoms with E-state index in [2.05, 4.69) is 158 Å². The summed E-state index contributed by atoms with van der Waals surface area (Å²) >= 11 is 3.60. The van der Waals surface area contributed by atoms with E-state index < -0.39 is 0 Å². The van der Waals surface area contributed by atoms with Crippen LogP contribution in [0, 0.1) is 17.8 Å². The van der Waals surface area contributed by atoms with E-state index in [0.717, 1.165) is 53.4 Å². The lowest BCUT2D eigenvalue weighted by molar-refractivity contribution is -0.124. The number of hydrogen-bond acceptors (Lipinski definition) is 4. The Hall–Kier alpha value is -3.94.